The molecule has 0 aliphatic rings. The molecule has 0 saturated carbocycles. The summed E-state index contributed by atoms with van der Waals surface area (Å²) >= 11 is 3.29. The van der Waals surface area contributed by atoms with Crippen molar-refractivity contribution in [1.29, 1.82) is 5.26 Å². The van der Waals surface area contributed by atoms with Crippen molar-refractivity contribution in [3.63, 3.8) is 0 Å². The summed E-state index contributed by atoms with van der Waals surface area (Å²) in [5, 5.41) is 8.94. The van der Waals surface area contributed by atoms with Gasteiger partial charge in [-0.2, -0.15) is 5.26 Å². The molecule has 0 saturated heterocycles. The lowest BCUT2D eigenvalue weighted by Crippen LogP contribution is -2.15. The summed E-state index contributed by atoms with van der Waals surface area (Å²) in [6, 6.07) is 10.1. The molecule has 0 spiro atoms. The van der Waals surface area contributed by atoms with E-state index in [1.54, 1.807) is 18.2 Å². The lowest BCUT2D eigenvalue weighted by atomic mass is 10.2. The Labute approximate surface area is 130 Å². The first-order valence-electron chi connectivity index (χ1n) is 5.83. The van der Waals surface area contributed by atoms with Crippen molar-refractivity contribution in [3.8, 4) is 6.07 Å². The van der Waals surface area contributed by atoms with Crippen molar-refractivity contribution in [2.24, 2.45) is 0 Å². The molecule has 0 aliphatic heterocycles. The Bertz CT molecular complexity index is 845. The molecule has 108 valence electrons. The van der Waals surface area contributed by atoms with Crippen LogP contribution >= 0.6 is 15.9 Å². The molecule has 2 aromatic rings. The van der Waals surface area contributed by atoms with Gasteiger partial charge in [-0.25, -0.2) is 12.8 Å². The van der Waals surface area contributed by atoms with Crippen molar-refractivity contribution in [2.75, 3.05) is 4.72 Å². The highest BCUT2D eigenvalue weighted by Crippen LogP contribution is 2.29. The fraction of sp³-hybridized carbons (Fsp3) is 0.0714. The van der Waals surface area contributed by atoms with Crippen LogP contribution < -0.4 is 4.72 Å². The smallest absolute Gasteiger partial charge is 0.263 e. The van der Waals surface area contributed by atoms with Gasteiger partial charge in [0.2, 0.25) is 0 Å². The maximum atomic E-state index is 13.5. The van der Waals surface area contributed by atoms with Crippen LogP contribution in [-0.4, -0.2) is 8.42 Å². The standard InChI is InChI=1S/C14H10BrFN2O2S/c1-9-4-2-6-12(14(9)15)18-21(19,20)13-7-3-5-11(16)10(13)8-17/h2-7,18H,1H3. The van der Waals surface area contributed by atoms with E-state index < -0.39 is 26.3 Å². The monoisotopic (exact) mass is 368 g/mol. The Morgan fingerprint density at radius 1 is 1.24 bits per heavy atom. The van der Waals surface area contributed by atoms with Gasteiger partial charge in [-0.15, -0.1) is 0 Å². The summed E-state index contributed by atoms with van der Waals surface area (Å²) in [5.74, 6) is -0.872. The summed E-state index contributed by atoms with van der Waals surface area (Å²) in [7, 11) is -4.06. The molecule has 21 heavy (non-hydrogen) atoms. The van der Waals surface area contributed by atoms with Crippen LogP contribution in [0.3, 0.4) is 0 Å². The first-order valence-corrected chi connectivity index (χ1v) is 8.11. The van der Waals surface area contributed by atoms with Crippen LogP contribution in [0.5, 0.6) is 0 Å². The van der Waals surface area contributed by atoms with Crippen LogP contribution in [0.4, 0.5) is 10.1 Å². The number of aryl methyl sites for hydroxylation is 1. The van der Waals surface area contributed by atoms with Crippen molar-refractivity contribution in [3.05, 3.63) is 57.8 Å². The maximum absolute atomic E-state index is 13.5. The topological polar surface area (TPSA) is 70.0 Å². The zero-order chi connectivity index (χ0) is 15.6. The molecule has 0 fully saturated rings. The molecule has 0 amide bonds. The predicted octanol–water partition coefficient (Wildman–Crippen LogP) is 3.57. The first kappa shape index (κ1) is 15.5. The molecular weight excluding hydrogens is 359 g/mol. The average Bonchev–Trinajstić information content (AvgIpc) is 2.43. The Hall–Kier alpha value is -1.91. The fourth-order valence-electron chi connectivity index (χ4n) is 1.76. The minimum absolute atomic E-state index is 0.322. The zero-order valence-electron chi connectivity index (χ0n) is 10.9. The average molecular weight is 369 g/mol. The van der Waals surface area contributed by atoms with E-state index in [4.69, 9.17) is 5.26 Å². The van der Waals surface area contributed by atoms with E-state index in [9.17, 15) is 12.8 Å². The molecule has 4 nitrogen and oxygen atoms in total. The molecule has 0 heterocycles. The lowest BCUT2D eigenvalue weighted by Gasteiger charge is -2.12. The van der Waals surface area contributed by atoms with Crippen molar-refractivity contribution in [1.82, 2.24) is 0 Å². The molecule has 2 rings (SSSR count). The van der Waals surface area contributed by atoms with E-state index in [1.807, 2.05) is 13.0 Å². The molecule has 0 bridgehead atoms. The predicted molar refractivity (Wildman–Crippen MR) is 80.8 cm³/mol. The molecule has 0 unspecified atom stereocenters. The van der Waals surface area contributed by atoms with Crippen molar-refractivity contribution < 1.29 is 12.8 Å². The number of hydrogen-bond acceptors (Lipinski definition) is 3. The van der Waals surface area contributed by atoms with Gasteiger partial charge in [-0.3, -0.25) is 4.72 Å². The fourth-order valence-corrected chi connectivity index (χ4v) is 3.50. The summed E-state index contributed by atoms with van der Waals surface area (Å²) in [4.78, 5) is -0.390. The molecule has 0 atom stereocenters. The van der Waals surface area contributed by atoms with E-state index in [0.717, 1.165) is 11.6 Å². The van der Waals surface area contributed by atoms with E-state index in [-0.39, 0.29) is 0 Å². The largest absolute Gasteiger partial charge is 0.278 e. The quantitative estimate of drug-likeness (QED) is 0.899. The van der Waals surface area contributed by atoms with Gasteiger partial charge in [-0.05, 0) is 46.6 Å². The van der Waals surface area contributed by atoms with Gasteiger partial charge in [0.1, 0.15) is 22.3 Å². The van der Waals surface area contributed by atoms with Crippen LogP contribution in [0.1, 0.15) is 11.1 Å². The summed E-state index contributed by atoms with van der Waals surface area (Å²) in [6.45, 7) is 1.81. The zero-order valence-corrected chi connectivity index (χ0v) is 13.3. The highest BCUT2D eigenvalue weighted by atomic mass is 79.9. The number of anilines is 1. The SMILES string of the molecule is Cc1cccc(NS(=O)(=O)c2cccc(F)c2C#N)c1Br. The van der Waals surface area contributed by atoms with Crippen LogP contribution in [0.15, 0.2) is 45.8 Å². The Kier molecular flexibility index (Phi) is 4.30. The van der Waals surface area contributed by atoms with Gasteiger partial charge in [0, 0.05) is 4.47 Å². The van der Waals surface area contributed by atoms with E-state index in [1.165, 1.54) is 12.1 Å². The van der Waals surface area contributed by atoms with E-state index in [0.29, 0.717) is 10.2 Å². The number of sulfonamides is 1. The molecule has 1 N–H and O–H groups in total. The van der Waals surface area contributed by atoms with Crippen LogP contribution in [0.2, 0.25) is 0 Å². The third kappa shape index (κ3) is 3.06. The molecule has 7 heteroatoms. The van der Waals surface area contributed by atoms with Crippen LogP contribution in [0.25, 0.3) is 0 Å². The van der Waals surface area contributed by atoms with E-state index in [2.05, 4.69) is 20.7 Å². The number of nitriles is 1. The Balaban J connectivity index is 2.52. The van der Waals surface area contributed by atoms with Gasteiger partial charge in [-0.1, -0.05) is 18.2 Å². The second-order valence-corrected chi connectivity index (χ2v) is 6.71. The maximum Gasteiger partial charge on any atom is 0.263 e. The van der Waals surface area contributed by atoms with E-state index >= 15 is 0 Å². The summed E-state index contributed by atoms with van der Waals surface area (Å²) in [6.07, 6.45) is 0. The van der Waals surface area contributed by atoms with Gasteiger partial charge < -0.3 is 0 Å². The molecule has 0 radical (unpaired) electrons. The lowest BCUT2D eigenvalue weighted by molar-refractivity contribution is 0.593. The van der Waals surface area contributed by atoms with Gasteiger partial charge in [0.05, 0.1) is 5.69 Å². The summed E-state index contributed by atoms with van der Waals surface area (Å²) < 4.78 is 41.2. The highest BCUT2D eigenvalue weighted by Gasteiger charge is 2.22. The van der Waals surface area contributed by atoms with Gasteiger partial charge in [0.25, 0.3) is 10.0 Å². The molecular formula is C14H10BrFN2O2S. The third-order valence-corrected chi connectivity index (χ3v) is 5.27. The Morgan fingerprint density at radius 2 is 1.90 bits per heavy atom. The van der Waals surface area contributed by atoms with Gasteiger partial charge in [0.15, 0.2) is 0 Å². The van der Waals surface area contributed by atoms with Gasteiger partial charge >= 0.3 is 0 Å². The minimum atomic E-state index is -4.06. The summed E-state index contributed by atoms with van der Waals surface area (Å²) in [5.41, 5.74) is 0.659. The van der Waals surface area contributed by atoms with Crippen molar-refractivity contribution in [2.45, 2.75) is 11.8 Å². The number of halogens is 2. The minimum Gasteiger partial charge on any atom is -0.278 e. The Morgan fingerprint density at radius 3 is 2.57 bits per heavy atom. The molecule has 0 aliphatic carbocycles. The van der Waals surface area contributed by atoms with Crippen LogP contribution in [0, 0.1) is 24.1 Å². The first-order chi connectivity index (χ1) is 9.86. The number of hydrogen-bond donors (Lipinski definition) is 1. The number of nitrogens with one attached hydrogen (secondary N) is 1. The molecule has 0 aromatic heterocycles. The second kappa shape index (κ2) is 5.84. The normalized spacial score (nSPS) is 11.0. The van der Waals surface area contributed by atoms with Crippen LogP contribution in [-0.2, 0) is 10.0 Å². The third-order valence-electron chi connectivity index (χ3n) is 2.81. The number of nitrogens with zero attached hydrogens (tertiary/aromatic N) is 1. The number of rotatable bonds is 3. The molecule has 2 aromatic carbocycles. The number of benzene rings is 2. The highest BCUT2D eigenvalue weighted by molar-refractivity contribution is 9.10. The second-order valence-electron chi connectivity index (χ2n) is 4.27. The van der Waals surface area contributed by atoms with Crippen molar-refractivity contribution >= 4 is 31.6 Å².